The number of nitrogens with zero attached hydrogens (tertiary/aromatic N) is 2. The molecule has 0 bridgehead atoms. The molecule has 1 atom stereocenters. The number of ether oxygens (including phenoxy) is 6. The number of nitro benzene ring substituents is 2. The van der Waals surface area contributed by atoms with Crippen LogP contribution >= 0.6 is 15.9 Å². The number of carbonyl (C=O) groups is 2. The van der Waals surface area contributed by atoms with Crippen LogP contribution in [0.15, 0.2) is 36.4 Å². The van der Waals surface area contributed by atoms with Crippen LogP contribution < -0.4 is 0 Å². The van der Waals surface area contributed by atoms with Crippen molar-refractivity contribution in [2.75, 3.05) is 47.3 Å². The highest BCUT2D eigenvalue weighted by Gasteiger charge is 2.22. The maximum absolute atomic E-state index is 11.5. The summed E-state index contributed by atoms with van der Waals surface area (Å²) in [6, 6.07) is 8.64. The molecule has 0 N–H and O–H groups in total. The molecule has 3 rings (SSSR count). The number of hydrogen-bond donors (Lipinski definition) is 0. The van der Waals surface area contributed by atoms with Crippen LogP contribution in [-0.2, 0) is 40.4 Å². The summed E-state index contributed by atoms with van der Waals surface area (Å²) in [4.78, 5) is 43.3. The maximum atomic E-state index is 11.5. The quantitative estimate of drug-likeness (QED) is 0.0899. The molecule has 1 unspecified atom stereocenters. The molecule has 0 aromatic heterocycles. The Kier molecular flexibility index (Phi) is 15.6. The average molecular weight is 657 g/mol. The van der Waals surface area contributed by atoms with Gasteiger partial charge in [0.05, 0.1) is 57.1 Å². The molecule has 0 saturated carbocycles. The van der Waals surface area contributed by atoms with Gasteiger partial charge in [-0.05, 0) is 42.5 Å². The highest BCUT2D eigenvalue weighted by molar-refractivity contribution is 9.08. The molecule has 14 nitrogen and oxygen atoms in total. The van der Waals surface area contributed by atoms with E-state index in [2.05, 4.69) is 25.4 Å². The smallest absolute Gasteiger partial charge is 0.344 e. The standard InChI is InChI=1S/C18H25NO8.C9H8BrNO4/c1-23-18(20)15-6-5-14(12-16(15)19(21)22)13-25-9-8-24-10-11-27-17-4-2-3-7-26-17;1-15-9(12)7-3-2-6(5-10)4-8(7)11(13)14/h5-6,12,17H,2-4,7-11,13H2,1H3;2-4H,5H2,1H3. The van der Waals surface area contributed by atoms with Gasteiger partial charge in [0, 0.05) is 24.1 Å². The summed E-state index contributed by atoms with van der Waals surface area (Å²) in [5.41, 5.74) is 0.658. The lowest BCUT2D eigenvalue weighted by Gasteiger charge is -2.22. The minimum absolute atomic E-state index is 0.0350. The highest BCUT2D eigenvalue weighted by atomic mass is 79.9. The molecule has 230 valence electrons. The molecule has 2 aromatic carbocycles. The van der Waals surface area contributed by atoms with Gasteiger partial charge in [0.25, 0.3) is 11.4 Å². The van der Waals surface area contributed by atoms with E-state index in [1.807, 2.05) is 0 Å². The Hall–Kier alpha value is -3.50. The van der Waals surface area contributed by atoms with E-state index >= 15 is 0 Å². The van der Waals surface area contributed by atoms with Crippen LogP contribution in [0.4, 0.5) is 11.4 Å². The van der Waals surface area contributed by atoms with Gasteiger partial charge in [-0.15, -0.1) is 0 Å². The summed E-state index contributed by atoms with van der Waals surface area (Å²) in [5, 5.41) is 22.3. The second-order valence-electron chi connectivity index (χ2n) is 8.67. The SMILES string of the molecule is COC(=O)c1ccc(CBr)cc1[N+](=O)[O-].COC(=O)c1ccc(COCCOCCOC2CCCCO2)cc1[N+](=O)[O-]. The molecule has 1 saturated heterocycles. The van der Waals surface area contributed by atoms with Gasteiger partial charge in [0.1, 0.15) is 11.1 Å². The Balaban J connectivity index is 0.000000347. The summed E-state index contributed by atoms with van der Waals surface area (Å²) in [7, 11) is 2.36. The molecule has 1 aliphatic heterocycles. The van der Waals surface area contributed by atoms with Crippen LogP contribution in [0, 0.1) is 20.2 Å². The molecular formula is C27H33BrN2O12. The summed E-state index contributed by atoms with van der Waals surface area (Å²) >= 11 is 3.18. The van der Waals surface area contributed by atoms with Crippen molar-refractivity contribution in [2.24, 2.45) is 0 Å². The van der Waals surface area contributed by atoms with E-state index in [1.165, 1.54) is 38.5 Å². The number of halogens is 1. The number of hydrogen-bond acceptors (Lipinski definition) is 12. The van der Waals surface area contributed by atoms with Gasteiger partial charge in [-0.2, -0.15) is 0 Å². The van der Waals surface area contributed by atoms with Crippen molar-refractivity contribution < 1.29 is 47.9 Å². The van der Waals surface area contributed by atoms with Gasteiger partial charge in [0.15, 0.2) is 6.29 Å². The zero-order valence-corrected chi connectivity index (χ0v) is 24.9. The zero-order valence-electron chi connectivity index (χ0n) is 23.3. The van der Waals surface area contributed by atoms with Crippen molar-refractivity contribution in [3.8, 4) is 0 Å². The first-order valence-electron chi connectivity index (χ1n) is 12.9. The van der Waals surface area contributed by atoms with E-state index in [0.717, 1.165) is 31.4 Å². The van der Waals surface area contributed by atoms with Crippen LogP contribution in [0.5, 0.6) is 0 Å². The maximum Gasteiger partial charge on any atom is 0.344 e. The van der Waals surface area contributed by atoms with Crippen molar-refractivity contribution in [3.05, 3.63) is 78.9 Å². The predicted octanol–water partition coefficient (Wildman–Crippen LogP) is 4.73. The largest absolute Gasteiger partial charge is 0.465 e. The summed E-state index contributed by atoms with van der Waals surface area (Å²) < 4.78 is 30.8. The summed E-state index contributed by atoms with van der Waals surface area (Å²) in [6.07, 6.45) is 3.01. The molecule has 0 spiro atoms. The molecule has 0 radical (unpaired) electrons. The van der Waals surface area contributed by atoms with Gasteiger partial charge in [-0.1, -0.05) is 28.1 Å². The number of rotatable bonds is 14. The van der Waals surface area contributed by atoms with E-state index in [9.17, 15) is 29.8 Å². The van der Waals surface area contributed by atoms with Gasteiger partial charge >= 0.3 is 11.9 Å². The zero-order chi connectivity index (χ0) is 30.9. The molecule has 0 amide bonds. The third-order valence-electron chi connectivity index (χ3n) is 5.79. The predicted molar refractivity (Wildman–Crippen MR) is 152 cm³/mol. The lowest BCUT2D eigenvalue weighted by atomic mass is 10.1. The minimum Gasteiger partial charge on any atom is -0.465 e. The summed E-state index contributed by atoms with van der Waals surface area (Å²) in [5.74, 6) is -1.45. The van der Waals surface area contributed by atoms with Gasteiger partial charge in [-0.25, -0.2) is 9.59 Å². The molecule has 1 fully saturated rings. The number of carbonyl (C=O) groups excluding carboxylic acids is 2. The first-order valence-corrected chi connectivity index (χ1v) is 14.0. The lowest BCUT2D eigenvalue weighted by molar-refractivity contribution is -0.385. The summed E-state index contributed by atoms with van der Waals surface area (Å²) in [6.45, 7) is 2.56. The molecule has 15 heteroatoms. The van der Waals surface area contributed by atoms with E-state index < -0.39 is 21.8 Å². The molecule has 0 aliphatic carbocycles. The molecule has 42 heavy (non-hydrogen) atoms. The fraction of sp³-hybridized carbons (Fsp3) is 0.481. The van der Waals surface area contributed by atoms with Crippen molar-refractivity contribution in [1.82, 2.24) is 0 Å². The van der Waals surface area contributed by atoms with Crippen molar-refractivity contribution in [3.63, 3.8) is 0 Å². The third kappa shape index (κ3) is 11.4. The second-order valence-corrected chi connectivity index (χ2v) is 9.23. The highest BCUT2D eigenvalue weighted by Crippen LogP contribution is 2.23. The fourth-order valence-electron chi connectivity index (χ4n) is 3.69. The van der Waals surface area contributed by atoms with Crippen LogP contribution in [0.3, 0.4) is 0 Å². The van der Waals surface area contributed by atoms with Crippen molar-refractivity contribution in [1.29, 1.82) is 0 Å². The first-order chi connectivity index (χ1) is 20.2. The average Bonchev–Trinajstić information content (AvgIpc) is 3.01. The normalized spacial score (nSPS) is 14.3. The number of methoxy groups -OCH3 is 2. The molecule has 1 aliphatic rings. The fourth-order valence-corrected chi connectivity index (χ4v) is 4.03. The van der Waals surface area contributed by atoms with Crippen LogP contribution in [0.1, 0.15) is 51.1 Å². The number of nitro groups is 2. The van der Waals surface area contributed by atoms with Gasteiger partial charge in [0.2, 0.25) is 0 Å². The topological polar surface area (TPSA) is 176 Å². The Bertz CT molecular complexity index is 1200. The number of benzene rings is 2. The Morgan fingerprint density at radius 2 is 1.40 bits per heavy atom. The van der Waals surface area contributed by atoms with Gasteiger partial charge in [-0.3, -0.25) is 20.2 Å². The Morgan fingerprint density at radius 1 is 0.857 bits per heavy atom. The van der Waals surface area contributed by atoms with Crippen LogP contribution in [-0.4, -0.2) is 75.3 Å². The van der Waals surface area contributed by atoms with E-state index in [1.54, 1.807) is 12.1 Å². The van der Waals surface area contributed by atoms with Crippen LogP contribution in [0.2, 0.25) is 0 Å². The monoisotopic (exact) mass is 656 g/mol. The second kappa shape index (κ2) is 18.8. The molecule has 2 aromatic rings. The van der Waals surface area contributed by atoms with E-state index in [4.69, 9.17) is 18.9 Å². The number of alkyl halides is 1. The Labute approximate surface area is 250 Å². The minimum atomic E-state index is -0.747. The van der Waals surface area contributed by atoms with E-state index in [0.29, 0.717) is 37.3 Å². The van der Waals surface area contributed by atoms with E-state index in [-0.39, 0.29) is 35.4 Å². The van der Waals surface area contributed by atoms with Crippen LogP contribution in [0.25, 0.3) is 0 Å². The first kappa shape index (κ1) is 34.7. The van der Waals surface area contributed by atoms with Crippen molar-refractivity contribution in [2.45, 2.75) is 37.5 Å². The molecular weight excluding hydrogens is 624 g/mol. The molecule has 1 heterocycles. The van der Waals surface area contributed by atoms with Crippen molar-refractivity contribution >= 4 is 39.2 Å². The lowest BCUT2D eigenvalue weighted by Crippen LogP contribution is -2.24. The Morgan fingerprint density at radius 3 is 1.93 bits per heavy atom. The van der Waals surface area contributed by atoms with Gasteiger partial charge < -0.3 is 28.4 Å². The third-order valence-corrected chi connectivity index (χ3v) is 6.44. The number of esters is 2.